The lowest BCUT2D eigenvalue weighted by atomic mass is 10.2. The first-order chi connectivity index (χ1) is 8.37. The van der Waals surface area contributed by atoms with Crippen LogP contribution in [-0.2, 0) is 4.74 Å². The Hall–Kier alpha value is -1.84. The molecule has 0 heterocycles. The van der Waals surface area contributed by atoms with Gasteiger partial charge in [0.15, 0.2) is 0 Å². The summed E-state index contributed by atoms with van der Waals surface area (Å²) in [5.41, 5.74) is 0.382. The first-order valence-corrected chi connectivity index (χ1v) is 5.76. The summed E-state index contributed by atoms with van der Waals surface area (Å²) in [6.45, 7) is 5.79. The van der Waals surface area contributed by atoms with Crippen LogP contribution in [0.1, 0.15) is 26.3 Å². The number of halogens is 1. The van der Waals surface area contributed by atoms with E-state index in [1.54, 1.807) is 45.1 Å². The molecule has 0 aliphatic heterocycles. The zero-order valence-electron chi connectivity index (χ0n) is 10.9. The number of nitrogens with one attached hydrogen (secondary N) is 1. The van der Waals surface area contributed by atoms with Gasteiger partial charge in [0.25, 0.3) is 0 Å². The van der Waals surface area contributed by atoms with Gasteiger partial charge in [-0.25, -0.2) is 9.18 Å². The highest BCUT2D eigenvalue weighted by Gasteiger charge is 2.14. The van der Waals surface area contributed by atoms with Gasteiger partial charge in [0, 0.05) is 6.54 Å². The van der Waals surface area contributed by atoms with Crippen LogP contribution in [0.4, 0.5) is 9.18 Å². The van der Waals surface area contributed by atoms with Crippen molar-refractivity contribution in [1.82, 2.24) is 5.32 Å². The van der Waals surface area contributed by atoms with Gasteiger partial charge in [0.2, 0.25) is 0 Å². The Morgan fingerprint density at radius 3 is 2.50 bits per heavy atom. The maximum Gasteiger partial charge on any atom is 0.407 e. The summed E-state index contributed by atoms with van der Waals surface area (Å²) in [7, 11) is 0. The Labute approximate surface area is 107 Å². The predicted octanol–water partition coefficient (Wildman–Crippen LogP) is 3.36. The number of ether oxygens (including phenoxy) is 1. The molecular formula is C14H18FNO2. The highest BCUT2D eigenvalue weighted by molar-refractivity contribution is 5.68. The molecule has 0 atom stereocenters. The number of hydrogen-bond acceptors (Lipinski definition) is 2. The Bertz CT molecular complexity index is 418. The van der Waals surface area contributed by atoms with Crippen LogP contribution in [0.5, 0.6) is 0 Å². The van der Waals surface area contributed by atoms with Crippen LogP contribution >= 0.6 is 0 Å². The summed E-state index contributed by atoms with van der Waals surface area (Å²) in [5, 5.41) is 2.60. The van der Waals surface area contributed by atoms with E-state index in [4.69, 9.17) is 4.74 Å². The fourth-order valence-corrected chi connectivity index (χ4v) is 1.23. The molecule has 0 aliphatic rings. The highest BCUT2D eigenvalue weighted by atomic mass is 19.1. The average molecular weight is 251 g/mol. The summed E-state index contributed by atoms with van der Waals surface area (Å²) in [5.74, 6) is -0.265. The Morgan fingerprint density at radius 2 is 1.94 bits per heavy atom. The van der Waals surface area contributed by atoms with Crippen LogP contribution in [0.15, 0.2) is 30.3 Å². The average Bonchev–Trinajstić information content (AvgIpc) is 2.24. The zero-order chi connectivity index (χ0) is 13.6. The third kappa shape index (κ3) is 6.03. The normalized spacial score (nSPS) is 11.6. The van der Waals surface area contributed by atoms with E-state index in [9.17, 15) is 9.18 Å². The van der Waals surface area contributed by atoms with Crippen molar-refractivity contribution in [2.45, 2.75) is 26.4 Å². The van der Waals surface area contributed by atoms with Crippen LogP contribution < -0.4 is 5.32 Å². The molecule has 3 nitrogen and oxygen atoms in total. The van der Waals surface area contributed by atoms with E-state index < -0.39 is 11.7 Å². The van der Waals surface area contributed by atoms with Gasteiger partial charge in [-0.1, -0.05) is 24.3 Å². The summed E-state index contributed by atoms with van der Waals surface area (Å²) < 4.78 is 17.7. The second kappa shape index (κ2) is 6.19. The first-order valence-electron chi connectivity index (χ1n) is 5.76. The number of amides is 1. The van der Waals surface area contributed by atoms with Gasteiger partial charge in [-0.15, -0.1) is 0 Å². The Balaban J connectivity index is 2.33. The first kappa shape index (κ1) is 14.2. The number of benzene rings is 1. The largest absolute Gasteiger partial charge is 0.444 e. The molecule has 1 N–H and O–H groups in total. The quantitative estimate of drug-likeness (QED) is 0.894. The van der Waals surface area contributed by atoms with Crippen molar-refractivity contribution in [3.63, 3.8) is 0 Å². The SMILES string of the molecule is CC(C)(C)OC(=O)NC/C=C/c1ccc(F)cc1. The smallest absolute Gasteiger partial charge is 0.407 e. The third-order valence-electron chi connectivity index (χ3n) is 1.94. The van der Waals surface area contributed by atoms with Crippen molar-refractivity contribution in [2.24, 2.45) is 0 Å². The molecule has 4 heteroatoms. The molecule has 1 aromatic carbocycles. The molecule has 0 aliphatic carbocycles. The minimum absolute atomic E-state index is 0.265. The maximum absolute atomic E-state index is 12.6. The van der Waals surface area contributed by atoms with Crippen LogP contribution in [0.2, 0.25) is 0 Å². The number of hydrogen-bond donors (Lipinski definition) is 1. The lowest BCUT2D eigenvalue weighted by Gasteiger charge is -2.19. The van der Waals surface area contributed by atoms with Crippen LogP contribution in [0, 0.1) is 5.82 Å². The van der Waals surface area contributed by atoms with Gasteiger partial charge in [0.1, 0.15) is 11.4 Å². The molecule has 1 amide bonds. The molecule has 1 rings (SSSR count). The van der Waals surface area contributed by atoms with E-state index in [-0.39, 0.29) is 5.82 Å². The van der Waals surface area contributed by atoms with Crippen molar-refractivity contribution >= 4 is 12.2 Å². The van der Waals surface area contributed by atoms with Crippen LogP contribution in [0.25, 0.3) is 6.08 Å². The van der Waals surface area contributed by atoms with Gasteiger partial charge < -0.3 is 10.1 Å². The Kier molecular flexibility index (Phi) is 4.89. The van der Waals surface area contributed by atoms with Crippen molar-refractivity contribution in [3.8, 4) is 0 Å². The second-order valence-corrected chi connectivity index (χ2v) is 4.84. The van der Waals surface area contributed by atoms with Crippen molar-refractivity contribution in [2.75, 3.05) is 6.54 Å². The van der Waals surface area contributed by atoms with Gasteiger partial charge in [-0.05, 0) is 38.5 Å². The predicted molar refractivity (Wildman–Crippen MR) is 69.7 cm³/mol. The van der Waals surface area contributed by atoms with Crippen molar-refractivity contribution in [3.05, 3.63) is 41.7 Å². The summed E-state index contributed by atoms with van der Waals surface area (Å²) in [6.07, 6.45) is 3.12. The minimum Gasteiger partial charge on any atom is -0.444 e. The minimum atomic E-state index is -0.495. The van der Waals surface area contributed by atoms with Crippen molar-refractivity contribution in [1.29, 1.82) is 0 Å². The van der Waals surface area contributed by atoms with Gasteiger partial charge in [0.05, 0.1) is 0 Å². The molecule has 0 unspecified atom stereocenters. The molecule has 0 bridgehead atoms. The molecule has 0 radical (unpaired) electrons. The number of carbonyl (C=O) groups is 1. The summed E-state index contributed by atoms with van der Waals surface area (Å²) in [6, 6.07) is 6.11. The summed E-state index contributed by atoms with van der Waals surface area (Å²) >= 11 is 0. The molecule has 18 heavy (non-hydrogen) atoms. The molecule has 0 fully saturated rings. The monoisotopic (exact) mass is 251 g/mol. The fourth-order valence-electron chi connectivity index (χ4n) is 1.23. The zero-order valence-corrected chi connectivity index (χ0v) is 10.9. The second-order valence-electron chi connectivity index (χ2n) is 4.84. The van der Waals surface area contributed by atoms with E-state index in [1.165, 1.54) is 12.1 Å². The van der Waals surface area contributed by atoms with Gasteiger partial charge >= 0.3 is 6.09 Å². The topological polar surface area (TPSA) is 38.3 Å². The van der Waals surface area contributed by atoms with Gasteiger partial charge in [-0.2, -0.15) is 0 Å². The van der Waals surface area contributed by atoms with Gasteiger partial charge in [-0.3, -0.25) is 0 Å². The highest BCUT2D eigenvalue weighted by Crippen LogP contribution is 2.06. The molecule has 1 aromatic rings. The van der Waals surface area contributed by atoms with E-state index >= 15 is 0 Å². The molecule has 0 aromatic heterocycles. The molecule has 0 saturated carbocycles. The molecule has 0 saturated heterocycles. The van der Waals surface area contributed by atoms with E-state index in [0.29, 0.717) is 6.54 Å². The molecular weight excluding hydrogens is 233 g/mol. The maximum atomic E-state index is 12.6. The number of alkyl carbamates (subject to hydrolysis) is 1. The van der Waals surface area contributed by atoms with E-state index in [0.717, 1.165) is 5.56 Å². The standard InChI is InChI=1S/C14H18FNO2/c1-14(2,3)18-13(17)16-10-4-5-11-6-8-12(15)9-7-11/h4-9H,10H2,1-3H3,(H,16,17)/b5-4+. The van der Waals surface area contributed by atoms with E-state index in [2.05, 4.69) is 5.32 Å². The van der Waals surface area contributed by atoms with E-state index in [1.807, 2.05) is 0 Å². The lowest BCUT2D eigenvalue weighted by Crippen LogP contribution is -2.32. The van der Waals surface area contributed by atoms with Crippen LogP contribution in [0.3, 0.4) is 0 Å². The fraction of sp³-hybridized carbons (Fsp3) is 0.357. The number of carbonyl (C=O) groups excluding carboxylic acids is 1. The Morgan fingerprint density at radius 1 is 1.33 bits per heavy atom. The third-order valence-corrected chi connectivity index (χ3v) is 1.94. The molecule has 0 spiro atoms. The van der Waals surface area contributed by atoms with Crippen LogP contribution in [-0.4, -0.2) is 18.2 Å². The lowest BCUT2D eigenvalue weighted by molar-refractivity contribution is 0.0534. The number of rotatable bonds is 3. The van der Waals surface area contributed by atoms with Crippen molar-refractivity contribution < 1.29 is 13.9 Å². The summed E-state index contributed by atoms with van der Waals surface area (Å²) in [4.78, 5) is 11.3. The molecule has 98 valence electrons.